The molecular formula is C27H29N7O4S. The van der Waals surface area contributed by atoms with Crippen LogP contribution in [0.2, 0.25) is 0 Å². The molecule has 1 fully saturated rings. The van der Waals surface area contributed by atoms with E-state index in [1.807, 2.05) is 37.4 Å². The number of hydrogen-bond acceptors (Lipinski definition) is 8. The van der Waals surface area contributed by atoms with E-state index in [1.165, 1.54) is 16.6 Å². The zero-order valence-electron chi connectivity index (χ0n) is 21.6. The number of ether oxygens (including phenoxy) is 1. The first kappa shape index (κ1) is 26.2. The van der Waals surface area contributed by atoms with Crippen molar-refractivity contribution < 1.29 is 17.9 Å². The number of aromatic nitrogens is 3. The monoisotopic (exact) mass is 547 g/mol. The first-order valence-electron chi connectivity index (χ1n) is 12.3. The number of carbonyl (C=O) groups is 1. The fourth-order valence-corrected chi connectivity index (χ4v) is 5.32. The van der Waals surface area contributed by atoms with E-state index < -0.39 is 10.0 Å². The van der Waals surface area contributed by atoms with Gasteiger partial charge in [-0.15, -0.1) is 0 Å². The third-order valence-corrected chi connectivity index (χ3v) is 7.83. The van der Waals surface area contributed by atoms with E-state index in [0.717, 1.165) is 17.8 Å². The number of nitrogens with one attached hydrogen (secondary N) is 3. The van der Waals surface area contributed by atoms with Crippen molar-refractivity contribution in [2.24, 2.45) is 0 Å². The number of nitrogens with zero attached hydrogens (tertiary/aromatic N) is 4. The highest BCUT2D eigenvalue weighted by molar-refractivity contribution is 7.88. The maximum Gasteiger partial charge on any atom is 0.247 e. The number of likely N-dealkylation sites (N-methyl/N-ethyl adjacent to an activating group) is 1. The predicted molar refractivity (Wildman–Crippen MR) is 152 cm³/mol. The largest absolute Gasteiger partial charge is 0.438 e. The van der Waals surface area contributed by atoms with E-state index in [-0.39, 0.29) is 11.9 Å². The maximum absolute atomic E-state index is 11.9. The number of anilines is 4. The molecule has 0 aliphatic carbocycles. The Labute approximate surface area is 226 Å². The molecule has 0 saturated carbocycles. The first-order chi connectivity index (χ1) is 18.7. The molecule has 3 heterocycles. The van der Waals surface area contributed by atoms with Gasteiger partial charge in [0.25, 0.3) is 0 Å². The lowest BCUT2D eigenvalue weighted by Crippen LogP contribution is -2.36. The third-order valence-electron chi connectivity index (χ3n) is 6.56. The molecule has 39 heavy (non-hydrogen) atoms. The average molecular weight is 548 g/mol. The predicted octanol–water partition coefficient (Wildman–Crippen LogP) is 4.09. The number of amides is 1. The molecule has 12 heteroatoms. The third kappa shape index (κ3) is 6.02. The van der Waals surface area contributed by atoms with Crippen molar-refractivity contribution in [1.29, 1.82) is 0 Å². The van der Waals surface area contributed by atoms with Gasteiger partial charge < -0.3 is 25.3 Å². The van der Waals surface area contributed by atoms with Gasteiger partial charge in [0.15, 0.2) is 0 Å². The SMILES string of the molecule is C=CC(=O)Nc1cccc(Oc2nc(Nc3ccc(N(C)C4CCN(S(C)(=O)=O)C4)cc3)nc3[nH]ccc23)c1. The zero-order chi connectivity index (χ0) is 27.6. The summed E-state index contributed by atoms with van der Waals surface area (Å²) >= 11 is 0. The molecule has 202 valence electrons. The molecule has 0 spiro atoms. The van der Waals surface area contributed by atoms with Crippen molar-refractivity contribution in [3.63, 3.8) is 0 Å². The topological polar surface area (TPSA) is 133 Å². The lowest BCUT2D eigenvalue weighted by Gasteiger charge is -2.27. The molecule has 2 aromatic carbocycles. The number of rotatable bonds is 9. The van der Waals surface area contributed by atoms with Crippen molar-refractivity contribution in [2.75, 3.05) is 41.9 Å². The summed E-state index contributed by atoms with van der Waals surface area (Å²) in [5.41, 5.74) is 2.94. The van der Waals surface area contributed by atoms with Crippen LogP contribution >= 0.6 is 0 Å². The highest BCUT2D eigenvalue weighted by Gasteiger charge is 2.31. The van der Waals surface area contributed by atoms with Gasteiger partial charge in [-0.25, -0.2) is 12.7 Å². The van der Waals surface area contributed by atoms with Gasteiger partial charge in [-0.05, 0) is 55.0 Å². The van der Waals surface area contributed by atoms with Crippen molar-refractivity contribution >= 4 is 50.0 Å². The Balaban J connectivity index is 1.31. The van der Waals surface area contributed by atoms with Gasteiger partial charge in [0.1, 0.15) is 11.4 Å². The van der Waals surface area contributed by atoms with Gasteiger partial charge in [0.05, 0.1) is 11.6 Å². The fraction of sp³-hybridized carbons (Fsp3) is 0.222. The van der Waals surface area contributed by atoms with Gasteiger partial charge in [0, 0.05) is 55.5 Å². The Morgan fingerprint density at radius 1 is 1.18 bits per heavy atom. The van der Waals surface area contributed by atoms with E-state index in [4.69, 9.17) is 4.74 Å². The van der Waals surface area contributed by atoms with Crippen LogP contribution in [0.15, 0.2) is 73.4 Å². The molecule has 5 rings (SSSR count). The van der Waals surface area contributed by atoms with Crippen LogP contribution in [0.3, 0.4) is 0 Å². The van der Waals surface area contributed by atoms with Gasteiger partial charge in [-0.3, -0.25) is 4.79 Å². The molecule has 1 atom stereocenters. The van der Waals surface area contributed by atoms with Crippen LogP contribution in [0.4, 0.5) is 23.0 Å². The second-order valence-electron chi connectivity index (χ2n) is 9.26. The van der Waals surface area contributed by atoms with Gasteiger partial charge >= 0.3 is 0 Å². The average Bonchev–Trinajstić information content (AvgIpc) is 3.59. The normalized spacial score (nSPS) is 15.7. The molecular weight excluding hydrogens is 518 g/mol. The molecule has 1 aliphatic heterocycles. The lowest BCUT2D eigenvalue weighted by atomic mass is 10.2. The van der Waals surface area contributed by atoms with Crippen molar-refractivity contribution in [3.05, 3.63) is 73.4 Å². The Bertz CT molecular complexity index is 1620. The molecule has 11 nitrogen and oxygen atoms in total. The number of hydrogen-bond donors (Lipinski definition) is 3. The van der Waals surface area contributed by atoms with Gasteiger partial charge in [0.2, 0.25) is 27.8 Å². The lowest BCUT2D eigenvalue weighted by molar-refractivity contribution is -0.111. The van der Waals surface area contributed by atoms with E-state index in [9.17, 15) is 13.2 Å². The van der Waals surface area contributed by atoms with Crippen molar-refractivity contribution in [1.82, 2.24) is 19.3 Å². The van der Waals surface area contributed by atoms with E-state index in [2.05, 4.69) is 37.1 Å². The summed E-state index contributed by atoms with van der Waals surface area (Å²) in [6.45, 7) is 4.48. The van der Waals surface area contributed by atoms with E-state index in [0.29, 0.717) is 47.4 Å². The van der Waals surface area contributed by atoms with Crippen LogP contribution in [-0.2, 0) is 14.8 Å². The van der Waals surface area contributed by atoms with E-state index in [1.54, 1.807) is 30.5 Å². The Morgan fingerprint density at radius 3 is 2.69 bits per heavy atom. The van der Waals surface area contributed by atoms with Crippen LogP contribution in [0.5, 0.6) is 11.6 Å². The quantitative estimate of drug-likeness (QED) is 0.267. The van der Waals surface area contributed by atoms with Crippen LogP contribution in [-0.4, -0.2) is 66.0 Å². The highest BCUT2D eigenvalue weighted by atomic mass is 32.2. The molecule has 0 bridgehead atoms. The zero-order valence-corrected chi connectivity index (χ0v) is 22.4. The van der Waals surface area contributed by atoms with Crippen molar-refractivity contribution in [3.8, 4) is 11.6 Å². The Morgan fingerprint density at radius 2 is 1.97 bits per heavy atom. The summed E-state index contributed by atoms with van der Waals surface area (Å²) in [5, 5.41) is 6.64. The van der Waals surface area contributed by atoms with E-state index >= 15 is 0 Å². The van der Waals surface area contributed by atoms with Gasteiger partial charge in [-0.1, -0.05) is 12.6 Å². The standard InChI is InChI=1S/C27H29N7O4S/c1-4-24(35)29-19-6-5-7-22(16-19)38-26-23-12-14-28-25(23)31-27(32-26)30-18-8-10-20(11-9-18)33(2)21-13-15-34(17-21)39(3,36)37/h4-12,14,16,21H,1,13,15,17H2,2-3H3,(H,29,35)(H2,28,30,31,32). The van der Waals surface area contributed by atoms with Crippen LogP contribution in [0.1, 0.15) is 6.42 Å². The van der Waals surface area contributed by atoms with Gasteiger partial charge in [-0.2, -0.15) is 9.97 Å². The molecule has 1 amide bonds. The molecule has 1 aliphatic rings. The number of benzene rings is 2. The van der Waals surface area contributed by atoms with Crippen LogP contribution in [0.25, 0.3) is 11.0 Å². The Kier molecular flexibility index (Phi) is 7.22. The molecule has 2 aromatic heterocycles. The molecule has 3 N–H and O–H groups in total. The summed E-state index contributed by atoms with van der Waals surface area (Å²) in [7, 11) is -1.21. The second kappa shape index (κ2) is 10.8. The number of carbonyl (C=O) groups excluding carboxylic acids is 1. The minimum atomic E-state index is -3.19. The number of aromatic amines is 1. The number of sulfonamides is 1. The fourth-order valence-electron chi connectivity index (χ4n) is 4.44. The molecule has 1 unspecified atom stereocenters. The smallest absolute Gasteiger partial charge is 0.247 e. The molecule has 4 aromatic rings. The molecule has 0 radical (unpaired) electrons. The second-order valence-corrected chi connectivity index (χ2v) is 11.2. The number of H-pyrrole nitrogens is 1. The minimum absolute atomic E-state index is 0.112. The highest BCUT2D eigenvalue weighted by Crippen LogP contribution is 2.31. The molecule has 1 saturated heterocycles. The summed E-state index contributed by atoms with van der Waals surface area (Å²) in [6, 6.07) is 16.7. The van der Waals surface area contributed by atoms with Crippen LogP contribution in [0, 0.1) is 0 Å². The summed E-state index contributed by atoms with van der Waals surface area (Å²) in [4.78, 5) is 26.0. The Hall–Kier alpha value is -4.42. The summed E-state index contributed by atoms with van der Waals surface area (Å²) in [5.74, 6) is 0.878. The summed E-state index contributed by atoms with van der Waals surface area (Å²) < 4.78 is 31.3. The van der Waals surface area contributed by atoms with Crippen LogP contribution < -0.4 is 20.3 Å². The minimum Gasteiger partial charge on any atom is -0.438 e. The number of fused-ring (bicyclic) bond motifs is 1. The van der Waals surface area contributed by atoms with Crippen molar-refractivity contribution in [2.45, 2.75) is 12.5 Å². The first-order valence-corrected chi connectivity index (χ1v) is 14.2. The summed E-state index contributed by atoms with van der Waals surface area (Å²) in [6.07, 6.45) is 4.99. The maximum atomic E-state index is 11.9.